The fraction of sp³-hybridized carbons (Fsp3) is 0.417. The second-order valence-electron chi connectivity index (χ2n) is 4.27. The summed E-state index contributed by atoms with van der Waals surface area (Å²) in [6.45, 7) is 1.51. The largest absolute Gasteiger partial charge is 0.339 e. The van der Waals surface area contributed by atoms with Crippen LogP contribution >= 0.6 is 11.3 Å². The van der Waals surface area contributed by atoms with Crippen molar-refractivity contribution in [2.75, 3.05) is 14.1 Å². The smallest absolute Gasteiger partial charge is 0.244 e. The number of amides is 1. The number of thiophene rings is 1. The molecule has 1 amide bonds. The minimum atomic E-state index is 0.0225. The van der Waals surface area contributed by atoms with Crippen molar-refractivity contribution < 1.29 is 4.79 Å². The van der Waals surface area contributed by atoms with Crippen molar-refractivity contribution in [1.29, 1.82) is 0 Å². The third kappa shape index (κ3) is 3.87. The van der Waals surface area contributed by atoms with E-state index in [4.69, 9.17) is 0 Å². The summed E-state index contributed by atoms with van der Waals surface area (Å²) in [6, 6.07) is 4.01. The Labute approximate surface area is 116 Å². The zero-order valence-corrected chi connectivity index (χ0v) is 11.9. The maximum Gasteiger partial charge on any atom is 0.244 e. The molecule has 0 bridgehead atoms. The Morgan fingerprint density at radius 2 is 2.42 bits per heavy atom. The van der Waals surface area contributed by atoms with E-state index < -0.39 is 0 Å². The lowest BCUT2D eigenvalue weighted by Gasteiger charge is -2.15. The number of likely N-dealkylation sites (N-methyl/N-ethyl adjacent to an activating group) is 1. The Balaban J connectivity index is 1.88. The number of hydrogen-bond acceptors (Lipinski definition) is 5. The van der Waals surface area contributed by atoms with Crippen LogP contribution in [0.2, 0.25) is 0 Å². The summed E-state index contributed by atoms with van der Waals surface area (Å²) in [6.07, 6.45) is 1.79. The zero-order valence-electron chi connectivity index (χ0n) is 11.0. The number of rotatable bonds is 6. The van der Waals surface area contributed by atoms with E-state index in [0.29, 0.717) is 13.1 Å². The third-order valence-electron chi connectivity index (χ3n) is 2.64. The van der Waals surface area contributed by atoms with Crippen molar-refractivity contribution in [3.05, 3.63) is 34.3 Å². The van der Waals surface area contributed by atoms with Crippen LogP contribution in [0.25, 0.3) is 0 Å². The molecule has 0 saturated carbocycles. The Morgan fingerprint density at radius 1 is 1.58 bits per heavy atom. The Bertz CT molecular complexity index is 522. The molecule has 0 fully saturated rings. The first-order valence-corrected chi connectivity index (χ1v) is 6.87. The quantitative estimate of drug-likeness (QED) is 0.846. The zero-order chi connectivity index (χ0) is 13.7. The van der Waals surface area contributed by atoms with Gasteiger partial charge in [0.25, 0.3) is 0 Å². The molecule has 0 aliphatic carbocycles. The minimum Gasteiger partial charge on any atom is -0.339 e. The van der Waals surface area contributed by atoms with Gasteiger partial charge in [0, 0.05) is 18.5 Å². The van der Waals surface area contributed by atoms with E-state index in [0.717, 1.165) is 5.69 Å². The predicted molar refractivity (Wildman–Crippen MR) is 73.6 cm³/mol. The van der Waals surface area contributed by atoms with Gasteiger partial charge in [0.2, 0.25) is 5.91 Å². The molecule has 1 N–H and O–H groups in total. The summed E-state index contributed by atoms with van der Waals surface area (Å²) in [5.74, 6) is 0.0225. The molecule has 2 rings (SSSR count). The van der Waals surface area contributed by atoms with Crippen molar-refractivity contribution in [3.63, 3.8) is 0 Å². The van der Waals surface area contributed by atoms with Crippen LogP contribution in [0.5, 0.6) is 0 Å². The predicted octanol–water partition coefficient (Wildman–Crippen LogP) is 0.718. The summed E-state index contributed by atoms with van der Waals surface area (Å²) in [4.78, 5) is 14.9. The molecule has 2 aromatic rings. The van der Waals surface area contributed by atoms with Crippen molar-refractivity contribution in [2.45, 2.75) is 19.6 Å². The lowest BCUT2D eigenvalue weighted by molar-refractivity contribution is -0.131. The summed E-state index contributed by atoms with van der Waals surface area (Å²) < 4.78 is 1.57. The Kier molecular flexibility index (Phi) is 4.64. The maximum atomic E-state index is 12.0. The molecular formula is C12H17N5OS. The highest BCUT2D eigenvalue weighted by atomic mass is 32.1. The third-order valence-corrected chi connectivity index (χ3v) is 3.50. The topological polar surface area (TPSA) is 63.1 Å². The molecule has 2 heterocycles. The molecule has 0 atom stereocenters. The van der Waals surface area contributed by atoms with Crippen LogP contribution in [0.4, 0.5) is 0 Å². The molecule has 0 aromatic carbocycles. The number of nitrogens with one attached hydrogen (secondary N) is 1. The summed E-state index contributed by atoms with van der Waals surface area (Å²) >= 11 is 1.65. The van der Waals surface area contributed by atoms with E-state index in [-0.39, 0.29) is 12.5 Å². The van der Waals surface area contributed by atoms with E-state index in [1.807, 2.05) is 24.6 Å². The molecule has 0 saturated heterocycles. The molecule has 0 radical (unpaired) electrons. The summed E-state index contributed by atoms with van der Waals surface area (Å²) in [7, 11) is 3.65. The minimum absolute atomic E-state index is 0.0225. The van der Waals surface area contributed by atoms with E-state index in [1.54, 1.807) is 34.2 Å². The van der Waals surface area contributed by atoms with Gasteiger partial charge in [-0.25, -0.2) is 4.68 Å². The van der Waals surface area contributed by atoms with Crippen LogP contribution < -0.4 is 5.32 Å². The second-order valence-corrected chi connectivity index (χ2v) is 5.30. The number of hydrogen-bond donors (Lipinski definition) is 1. The molecule has 0 aliphatic heterocycles. The molecule has 0 spiro atoms. The van der Waals surface area contributed by atoms with E-state index in [1.165, 1.54) is 4.88 Å². The summed E-state index contributed by atoms with van der Waals surface area (Å²) in [5, 5.41) is 12.9. The highest BCUT2D eigenvalue weighted by Gasteiger charge is 2.11. The van der Waals surface area contributed by atoms with E-state index in [2.05, 4.69) is 15.6 Å². The maximum absolute atomic E-state index is 12.0. The van der Waals surface area contributed by atoms with Gasteiger partial charge >= 0.3 is 0 Å². The second kappa shape index (κ2) is 6.44. The number of carbonyl (C=O) groups excluding carboxylic acids is 1. The van der Waals surface area contributed by atoms with Gasteiger partial charge in [-0.15, -0.1) is 16.4 Å². The standard InChI is InChI=1S/C12H17N5OS/c1-13-6-10-7-17(15-14-10)9-12(18)16(2)8-11-4-3-5-19-11/h3-5,7,13H,6,8-9H2,1-2H3. The highest BCUT2D eigenvalue weighted by Crippen LogP contribution is 2.11. The van der Waals surface area contributed by atoms with Gasteiger partial charge in [0.15, 0.2) is 0 Å². The molecule has 0 aliphatic rings. The average Bonchev–Trinajstić information content (AvgIpc) is 3.02. The lowest BCUT2D eigenvalue weighted by Crippen LogP contribution is -2.29. The van der Waals surface area contributed by atoms with E-state index >= 15 is 0 Å². The van der Waals surface area contributed by atoms with Gasteiger partial charge in [0.05, 0.1) is 18.4 Å². The molecule has 19 heavy (non-hydrogen) atoms. The van der Waals surface area contributed by atoms with Crippen LogP contribution in [0.15, 0.2) is 23.7 Å². The fourth-order valence-electron chi connectivity index (χ4n) is 1.66. The Morgan fingerprint density at radius 3 is 3.11 bits per heavy atom. The normalized spacial score (nSPS) is 10.6. The van der Waals surface area contributed by atoms with Crippen molar-refractivity contribution in [2.24, 2.45) is 0 Å². The lowest BCUT2D eigenvalue weighted by atomic mass is 10.4. The van der Waals surface area contributed by atoms with Crippen molar-refractivity contribution >= 4 is 17.2 Å². The van der Waals surface area contributed by atoms with Gasteiger partial charge in [-0.2, -0.15) is 0 Å². The number of aromatic nitrogens is 3. The molecule has 0 unspecified atom stereocenters. The molecule has 2 aromatic heterocycles. The first kappa shape index (κ1) is 13.7. The van der Waals surface area contributed by atoms with Crippen LogP contribution in [0, 0.1) is 0 Å². The van der Waals surface area contributed by atoms with Crippen molar-refractivity contribution in [3.8, 4) is 0 Å². The van der Waals surface area contributed by atoms with Gasteiger partial charge in [0.1, 0.15) is 6.54 Å². The highest BCUT2D eigenvalue weighted by molar-refractivity contribution is 7.09. The molecule has 7 heteroatoms. The van der Waals surface area contributed by atoms with E-state index in [9.17, 15) is 4.79 Å². The monoisotopic (exact) mass is 279 g/mol. The van der Waals surface area contributed by atoms with Crippen LogP contribution in [0.1, 0.15) is 10.6 Å². The van der Waals surface area contributed by atoms with Crippen molar-refractivity contribution in [1.82, 2.24) is 25.2 Å². The van der Waals surface area contributed by atoms with Gasteiger partial charge in [-0.1, -0.05) is 11.3 Å². The Hall–Kier alpha value is -1.73. The molecular weight excluding hydrogens is 262 g/mol. The van der Waals surface area contributed by atoms with Gasteiger partial charge in [-0.05, 0) is 18.5 Å². The van der Waals surface area contributed by atoms with Gasteiger partial charge in [-0.3, -0.25) is 4.79 Å². The fourth-order valence-corrected chi connectivity index (χ4v) is 2.42. The van der Waals surface area contributed by atoms with Gasteiger partial charge < -0.3 is 10.2 Å². The average molecular weight is 279 g/mol. The first-order valence-electron chi connectivity index (χ1n) is 5.99. The summed E-state index contributed by atoms with van der Waals surface area (Å²) in [5.41, 5.74) is 0.830. The number of carbonyl (C=O) groups is 1. The van der Waals surface area contributed by atoms with Crippen LogP contribution in [-0.4, -0.2) is 39.9 Å². The molecule has 6 nitrogen and oxygen atoms in total. The number of nitrogens with zero attached hydrogens (tertiary/aromatic N) is 4. The first-order chi connectivity index (χ1) is 9.19. The van der Waals surface area contributed by atoms with Crippen LogP contribution in [-0.2, 0) is 24.4 Å². The van der Waals surface area contributed by atoms with Crippen LogP contribution in [0.3, 0.4) is 0 Å². The SMILES string of the molecule is CNCc1cn(CC(=O)N(C)Cc2cccs2)nn1. The molecule has 102 valence electrons.